The highest BCUT2D eigenvalue weighted by Gasteiger charge is 2.44. The van der Waals surface area contributed by atoms with Gasteiger partial charge in [-0.2, -0.15) is 0 Å². The van der Waals surface area contributed by atoms with Gasteiger partial charge in [-0.1, -0.05) is 6.07 Å². The van der Waals surface area contributed by atoms with Crippen molar-refractivity contribution >= 4 is 5.97 Å². The summed E-state index contributed by atoms with van der Waals surface area (Å²) in [6, 6.07) is 7.65. The molecule has 3 heterocycles. The Labute approximate surface area is 174 Å². The van der Waals surface area contributed by atoms with Crippen LogP contribution in [0.4, 0.5) is 0 Å². The Kier molecular flexibility index (Phi) is 4.96. The molecular formula is C21H21ClNO6-. The van der Waals surface area contributed by atoms with Crippen LogP contribution in [0.1, 0.15) is 39.2 Å². The van der Waals surface area contributed by atoms with E-state index in [1.54, 1.807) is 7.11 Å². The van der Waals surface area contributed by atoms with Crippen LogP contribution in [0.5, 0.6) is 23.0 Å². The second-order valence-corrected chi connectivity index (χ2v) is 7.17. The van der Waals surface area contributed by atoms with E-state index in [9.17, 15) is 4.79 Å². The standard InChI is InChI=1S/C21H21NO6.ClH/c1-22-7-6-11-8-15-16(27-10-26-15)9-13(11)18(22)19-12-4-5-14(24-2)20(25-3)17(12)21(23)28-19;/h4-5,8-9,18-19H,6-7,10H2,1-3H3;1H/p-1. The maximum atomic E-state index is 12.8. The van der Waals surface area contributed by atoms with Crippen molar-refractivity contribution in [3.05, 3.63) is 46.5 Å². The third kappa shape index (κ3) is 2.88. The van der Waals surface area contributed by atoms with E-state index in [-0.39, 0.29) is 25.2 Å². The van der Waals surface area contributed by atoms with Crippen molar-refractivity contribution in [1.29, 1.82) is 0 Å². The van der Waals surface area contributed by atoms with Crippen LogP contribution < -0.4 is 31.4 Å². The van der Waals surface area contributed by atoms with E-state index >= 15 is 0 Å². The number of halogens is 1. The molecule has 154 valence electrons. The number of hydrogen-bond donors (Lipinski definition) is 0. The Morgan fingerprint density at radius 3 is 2.55 bits per heavy atom. The van der Waals surface area contributed by atoms with E-state index in [2.05, 4.69) is 4.90 Å². The maximum absolute atomic E-state index is 12.8. The molecule has 0 saturated heterocycles. The van der Waals surface area contributed by atoms with Gasteiger partial charge in [0, 0.05) is 12.1 Å². The normalized spacial score (nSPS) is 21.7. The van der Waals surface area contributed by atoms with E-state index in [4.69, 9.17) is 23.7 Å². The third-order valence-corrected chi connectivity index (χ3v) is 5.77. The molecule has 0 amide bonds. The quantitative estimate of drug-likeness (QED) is 0.644. The predicted octanol–water partition coefficient (Wildman–Crippen LogP) is -0.123. The van der Waals surface area contributed by atoms with Crippen molar-refractivity contribution in [1.82, 2.24) is 4.90 Å². The van der Waals surface area contributed by atoms with Gasteiger partial charge in [-0.25, -0.2) is 4.79 Å². The molecular weight excluding hydrogens is 398 g/mol. The highest BCUT2D eigenvalue weighted by molar-refractivity contribution is 5.98. The number of ether oxygens (including phenoxy) is 5. The first kappa shape index (κ1) is 19.7. The number of likely N-dealkylation sites (N-methyl/N-ethyl adjacent to an activating group) is 1. The van der Waals surface area contributed by atoms with Crippen LogP contribution in [0, 0.1) is 0 Å². The van der Waals surface area contributed by atoms with E-state index in [1.165, 1.54) is 12.7 Å². The fourth-order valence-electron chi connectivity index (χ4n) is 4.42. The summed E-state index contributed by atoms with van der Waals surface area (Å²) >= 11 is 0. The highest BCUT2D eigenvalue weighted by atomic mass is 35.5. The smallest absolute Gasteiger partial charge is 0.343 e. The van der Waals surface area contributed by atoms with Crippen molar-refractivity contribution in [2.75, 3.05) is 34.6 Å². The van der Waals surface area contributed by atoms with E-state index in [0.29, 0.717) is 17.1 Å². The van der Waals surface area contributed by atoms with Crippen molar-refractivity contribution in [3.63, 3.8) is 0 Å². The first-order valence-electron chi connectivity index (χ1n) is 9.21. The molecule has 0 aromatic heterocycles. The summed E-state index contributed by atoms with van der Waals surface area (Å²) in [7, 11) is 5.13. The van der Waals surface area contributed by atoms with Gasteiger partial charge in [-0.15, -0.1) is 0 Å². The van der Waals surface area contributed by atoms with Crippen LogP contribution in [0.25, 0.3) is 0 Å². The molecule has 0 radical (unpaired) electrons. The number of carbonyl (C=O) groups is 1. The van der Waals surface area contributed by atoms with Gasteiger partial charge in [-0.05, 0) is 42.8 Å². The molecule has 8 heteroatoms. The monoisotopic (exact) mass is 418 g/mol. The summed E-state index contributed by atoms with van der Waals surface area (Å²) in [5.41, 5.74) is 3.54. The van der Waals surface area contributed by atoms with Gasteiger partial charge < -0.3 is 36.1 Å². The van der Waals surface area contributed by atoms with Crippen LogP contribution in [-0.4, -0.2) is 45.5 Å². The topological polar surface area (TPSA) is 66.5 Å². The molecule has 2 aromatic carbocycles. The number of rotatable bonds is 3. The summed E-state index contributed by atoms with van der Waals surface area (Å²) < 4.78 is 27.8. The summed E-state index contributed by atoms with van der Waals surface area (Å²) in [5.74, 6) is 2.04. The fourth-order valence-corrected chi connectivity index (χ4v) is 4.42. The highest BCUT2D eigenvalue weighted by Crippen LogP contribution is 2.50. The van der Waals surface area contributed by atoms with Gasteiger partial charge >= 0.3 is 5.97 Å². The van der Waals surface area contributed by atoms with Gasteiger partial charge in [0.1, 0.15) is 11.7 Å². The third-order valence-electron chi connectivity index (χ3n) is 5.77. The fraction of sp³-hybridized carbons (Fsp3) is 0.381. The number of methoxy groups -OCH3 is 2. The Hall–Kier alpha value is -2.64. The van der Waals surface area contributed by atoms with Gasteiger partial charge in [-0.3, -0.25) is 4.90 Å². The zero-order valence-corrected chi connectivity index (χ0v) is 17.1. The number of esters is 1. The first-order chi connectivity index (χ1) is 13.6. The summed E-state index contributed by atoms with van der Waals surface area (Å²) in [5, 5.41) is 0. The van der Waals surface area contributed by atoms with Crippen molar-refractivity contribution in [3.8, 4) is 23.0 Å². The average molecular weight is 419 g/mol. The lowest BCUT2D eigenvalue weighted by molar-refractivity contribution is -0.0000839. The lowest BCUT2D eigenvalue weighted by atomic mass is 9.86. The van der Waals surface area contributed by atoms with Gasteiger partial charge in [0.2, 0.25) is 6.79 Å². The van der Waals surface area contributed by atoms with Crippen LogP contribution in [0.3, 0.4) is 0 Å². The summed E-state index contributed by atoms with van der Waals surface area (Å²) in [6.45, 7) is 1.09. The molecule has 0 aliphatic carbocycles. The number of carbonyl (C=O) groups excluding carboxylic acids is 1. The molecule has 3 aliphatic heterocycles. The van der Waals surface area contributed by atoms with Crippen LogP contribution in [0.2, 0.25) is 0 Å². The average Bonchev–Trinajstić information content (AvgIpc) is 3.29. The molecule has 2 unspecified atom stereocenters. The number of cyclic esters (lactones) is 1. The zero-order chi connectivity index (χ0) is 19.4. The molecule has 0 bridgehead atoms. The maximum Gasteiger partial charge on any atom is 0.343 e. The second-order valence-electron chi connectivity index (χ2n) is 7.17. The Balaban J connectivity index is 0.00000205. The molecule has 7 nitrogen and oxygen atoms in total. The van der Waals surface area contributed by atoms with Crippen LogP contribution in [0.15, 0.2) is 24.3 Å². The van der Waals surface area contributed by atoms with Gasteiger partial charge in [0.25, 0.3) is 0 Å². The molecule has 0 spiro atoms. The Morgan fingerprint density at radius 2 is 1.83 bits per heavy atom. The number of fused-ring (bicyclic) bond motifs is 3. The van der Waals surface area contributed by atoms with E-state index in [0.717, 1.165) is 35.6 Å². The number of nitrogens with zero attached hydrogens (tertiary/aromatic N) is 1. The molecule has 3 aliphatic rings. The summed E-state index contributed by atoms with van der Waals surface area (Å²) in [6.07, 6.45) is 0.463. The minimum atomic E-state index is -0.438. The van der Waals surface area contributed by atoms with Gasteiger partial charge in [0.15, 0.2) is 23.0 Å². The Bertz CT molecular complexity index is 978. The lowest BCUT2D eigenvalue weighted by Crippen LogP contribution is -3.00. The molecule has 0 N–H and O–H groups in total. The molecule has 2 aromatic rings. The molecule has 2 atom stereocenters. The van der Waals surface area contributed by atoms with Crippen molar-refractivity contribution in [2.45, 2.75) is 18.6 Å². The van der Waals surface area contributed by atoms with Crippen LogP contribution >= 0.6 is 0 Å². The predicted molar refractivity (Wildman–Crippen MR) is 99.3 cm³/mol. The Morgan fingerprint density at radius 1 is 1.07 bits per heavy atom. The number of hydrogen-bond acceptors (Lipinski definition) is 7. The largest absolute Gasteiger partial charge is 1.00 e. The van der Waals surface area contributed by atoms with Gasteiger partial charge in [0.05, 0.1) is 20.3 Å². The zero-order valence-electron chi connectivity index (χ0n) is 16.4. The minimum absolute atomic E-state index is 0. The van der Waals surface area contributed by atoms with E-state index in [1.807, 2.05) is 31.3 Å². The first-order valence-corrected chi connectivity index (χ1v) is 9.21. The molecule has 29 heavy (non-hydrogen) atoms. The SMILES string of the molecule is COc1ccc2c(c1OC)C(=O)OC2C1c2cc3c(cc2CCN1C)OCO3.[Cl-]. The number of benzene rings is 2. The summed E-state index contributed by atoms with van der Waals surface area (Å²) in [4.78, 5) is 15.0. The van der Waals surface area contributed by atoms with Crippen molar-refractivity contribution in [2.24, 2.45) is 0 Å². The lowest BCUT2D eigenvalue weighted by Gasteiger charge is -2.37. The molecule has 0 saturated carbocycles. The van der Waals surface area contributed by atoms with Crippen molar-refractivity contribution < 1.29 is 40.9 Å². The van der Waals surface area contributed by atoms with Crippen LogP contribution in [-0.2, 0) is 11.2 Å². The minimum Gasteiger partial charge on any atom is -1.00 e. The van der Waals surface area contributed by atoms with E-state index < -0.39 is 12.1 Å². The molecule has 5 rings (SSSR count). The second kappa shape index (κ2) is 7.31. The molecule has 0 fully saturated rings.